The molecule has 5 aliphatic carbocycles. The molecule has 6 rings (SSSR count). The molecule has 5 nitrogen and oxygen atoms in total. The summed E-state index contributed by atoms with van der Waals surface area (Å²) in [6, 6.07) is 2.12. The smallest absolute Gasteiger partial charge is 0.237 e. The molecule has 6 fully saturated rings. The summed E-state index contributed by atoms with van der Waals surface area (Å²) in [4.78, 5) is 14.4. The third-order valence-corrected chi connectivity index (χ3v) is 7.25. The van der Waals surface area contributed by atoms with Crippen LogP contribution in [0.1, 0.15) is 44.9 Å². The number of hydrogen-bond acceptors (Lipinski definition) is 4. The van der Waals surface area contributed by atoms with E-state index in [1.165, 1.54) is 6.42 Å². The van der Waals surface area contributed by atoms with Gasteiger partial charge in [0.2, 0.25) is 5.91 Å². The molecule has 6 aliphatic rings. The second-order valence-corrected chi connectivity index (χ2v) is 9.10. The fourth-order valence-electron chi connectivity index (χ4n) is 6.67. The van der Waals surface area contributed by atoms with Crippen LogP contribution >= 0.6 is 0 Å². The van der Waals surface area contributed by atoms with Crippen LogP contribution in [0.25, 0.3) is 0 Å². The van der Waals surface area contributed by atoms with Crippen LogP contribution in [0, 0.1) is 35.0 Å². The van der Waals surface area contributed by atoms with Crippen LogP contribution in [0.5, 0.6) is 0 Å². The van der Waals surface area contributed by atoms with E-state index in [2.05, 4.69) is 11.4 Å². The monoisotopic (exact) mass is 315 g/mol. The summed E-state index contributed by atoms with van der Waals surface area (Å²) in [6.07, 6.45) is 7.28. The van der Waals surface area contributed by atoms with Crippen molar-refractivity contribution in [1.82, 2.24) is 10.2 Å². The maximum Gasteiger partial charge on any atom is 0.237 e. The fourth-order valence-corrected chi connectivity index (χ4v) is 6.67. The molecule has 5 atom stereocenters. The lowest BCUT2D eigenvalue weighted by Crippen LogP contribution is -2.65. The number of amides is 1. The Balaban J connectivity index is 1.26. The quantitative estimate of drug-likeness (QED) is 0.815. The van der Waals surface area contributed by atoms with E-state index in [0.29, 0.717) is 30.2 Å². The Hall–Kier alpha value is -1.12. The van der Waals surface area contributed by atoms with Gasteiger partial charge >= 0.3 is 0 Å². The summed E-state index contributed by atoms with van der Waals surface area (Å²) in [6.45, 7) is 1.10. The Morgan fingerprint density at radius 3 is 2.65 bits per heavy atom. The molecule has 124 valence electrons. The Bertz CT molecular complexity index is 584. The molecule has 2 unspecified atom stereocenters. The van der Waals surface area contributed by atoms with Gasteiger partial charge in [-0.2, -0.15) is 5.26 Å². The number of carbonyl (C=O) groups excluding carboxylic acids is 1. The highest BCUT2D eigenvalue weighted by Gasteiger charge is 2.58. The molecule has 1 amide bonds. The van der Waals surface area contributed by atoms with Gasteiger partial charge in [0.05, 0.1) is 18.2 Å². The predicted octanol–water partition coefficient (Wildman–Crippen LogP) is 1.03. The van der Waals surface area contributed by atoms with E-state index < -0.39 is 5.60 Å². The Morgan fingerprint density at radius 2 is 2.00 bits per heavy atom. The van der Waals surface area contributed by atoms with Gasteiger partial charge in [-0.05, 0) is 68.6 Å². The third-order valence-electron chi connectivity index (χ3n) is 7.25. The first-order chi connectivity index (χ1) is 11.0. The van der Waals surface area contributed by atoms with Crippen molar-refractivity contribution in [2.45, 2.75) is 62.1 Å². The lowest BCUT2D eigenvalue weighted by atomic mass is 9.51. The highest BCUT2D eigenvalue weighted by Crippen LogP contribution is 2.57. The molecule has 0 aromatic heterocycles. The van der Waals surface area contributed by atoms with Crippen LogP contribution in [-0.2, 0) is 4.79 Å². The van der Waals surface area contributed by atoms with Gasteiger partial charge in [-0.1, -0.05) is 0 Å². The second-order valence-electron chi connectivity index (χ2n) is 9.10. The van der Waals surface area contributed by atoms with Crippen molar-refractivity contribution in [1.29, 1.82) is 5.26 Å². The molecule has 0 radical (unpaired) electrons. The third kappa shape index (κ3) is 2.15. The minimum atomic E-state index is -0.495. The standard InChI is InChI=1S/C18H25N3O2/c19-7-15-14-2-13(14)9-21(15)16(22)8-20-17-3-11-1-12(4-17)6-18(23,5-11)10-17/h11-15,20,23H,1-6,8-10H2/t11?,12?,13-,14-,15-,17?,18?/m1/s1. The summed E-state index contributed by atoms with van der Waals surface area (Å²) < 4.78 is 0. The molecule has 1 heterocycles. The number of nitriles is 1. The minimum absolute atomic E-state index is 0.0424. The van der Waals surface area contributed by atoms with Crippen LogP contribution < -0.4 is 5.32 Å². The van der Waals surface area contributed by atoms with Crippen LogP contribution in [0.15, 0.2) is 0 Å². The van der Waals surface area contributed by atoms with E-state index in [-0.39, 0.29) is 17.5 Å². The van der Waals surface area contributed by atoms with E-state index in [1.54, 1.807) is 4.90 Å². The summed E-state index contributed by atoms with van der Waals surface area (Å²) in [5, 5.41) is 23.6. The van der Waals surface area contributed by atoms with Gasteiger partial charge in [0.25, 0.3) is 0 Å². The van der Waals surface area contributed by atoms with Crippen LogP contribution in [0.2, 0.25) is 0 Å². The summed E-state index contributed by atoms with van der Waals surface area (Å²) >= 11 is 0. The average Bonchev–Trinajstić information content (AvgIpc) is 3.13. The normalized spacial score (nSPS) is 52.3. The molecule has 5 saturated carbocycles. The first-order valence-electron chi connectivity index (χ1n) is 9.16. The van der Waals surface area contributed by atoms with Gasteiger partial charge in [-0.15, -0.1) is 0 Å². The Morgan fingerprint density at radius 1 is 1.26 bits per heavy atom. The maximum atomic E-state index is 12.6. The van der Waals surface area contributed by atoms with Crippen molar-refractivity contribution in [2.75, 3.05) is 13.1 Å². The molecular weight excluding hydrogens is 290 g/mol. The van der Waals surface area contributed by atoms with Crippen molar-refractivity contribution in [3.8, 4) is 6.07 Å². The van der Waals surface area contributed by atoms with E-state index in [9.17, 15) is 15.2 Å². The number of rotatable bonds is 3. The molecule has 1 aliphatic heterocycles. The van der Waals surface area contributed by atoms with E-state index in [1.807, 2.05) is 0 Å². The Kier molecular flexibility index (Phi) is 2.78. The number of hydrogen-bond donors (Lipinski definition) is 2. The number of fused-ring (bicyclic) bond motifs is 1. The predicted molar refractivity (Wildman–Crippen MR) is 83.1 cm³/mol. The first-order valence-corrected chi connectivity index (χ1v) is 9.16. The highest BCUT2D eigenvalue weighted by molar-refractivity contribution is 5.79. The summed E-state index contributed by atoms with van der Waals surface area (Å²) in [7, 11) is 0. The lowest BCUT2D eigenvalue weighted by Gasteiger charge is -2.60. The van der Waals surface area contributed by atoms with Crippen molar-refractivity contribution in [3.05, 3.63) is 0 Å². The number of piperidine rings is 1. The van der Waals surface area contributed by atoms with Crippen molar-refractivity contribution < 1.29 is 9.90 Å². The second kappa shape index (κ2) is 4.49. The molecule has 0 spiro atoms. The van der Waals surface area contributed by atoms with Gasteiger partial charge in [-0.25, -0.2) is 0 Å². The number of likely N-dealkylation sites (tertiary alicyclic amines) is 1. The van der Waals surface area contributed by atoms with Gasteiger partial charge in [0.15, 0.2) is 0 Å². The molecule has 0 aromatic rings. The van der Waals surface area contributed by atoms with Gasteiger partial charge < -0.3 is 15.3 Å². The summed E-state index contributed by atoms with van der Waals surface area (Å²) in [5.74, 6) is 2.32. The Labute approximate surface area is 137 Å². The van der Waals surface area contributed by atoms with E-state index in [0.717, 1.165) is 45.1 Å². The number of carbonyl (C=O) groups is 1. The van der Waals surface area contributed by atoms with E-state index >= 15 is 0 Å². The van der Waals surface area contributed by atoms with Crippen LogP contribution in [0.4, 0.5) is 0 Å². The zero-order valence-electron chi connectivity index (χ0n) is 13.5. The SMILES string of the molecule is N#C[C@@H]1[C@@H]2C[C@@H]2CN1C(=O)CNC12CC3CC(CC(O)(C3)C1)C2. The number of aliphatic hydroxyl groups is 1. The van der Waals surface area contributed by atoms with Crippen molar-refractivity contribution in [2.24, 2.45) is 23.7 Å². The topological polar surface area (TPSA) is 76.4 Å². The summed E-state index contributed by atoms with van der Waals surface area (Å²) in [5.41, 5.74) is -0.538. The maximum absolute atomic E-state index is 12.6. The van der Waals surface area contributed by atoms with E-state index in [4.69, 9.17) is 0 Å². The average molecular weight is 315 g/mol. The van der Waals surface area contributed by atoms with Crippen LogP contribution in [0.3, 0.4) is 0 Å². The van der Waals surface area contributed by atoms with Gasteiger partial charge in [-0.3, -0.25) is 4.79 Å². The minimum Gasteiger partial charge on any atom is -0.390 e. The van der Waals surface area contributed by atoms with Crippen molar-refractivity contribution in [3.63, 3.8) is 0 Å². The largest absolute Gasteiger partial charge is 0.390 e. The number of nitrogens with zero attached hydrogens (tertiary/aromatic N) is 2. The van der Waals surface area contributed by atoms with Gasteiger partial charge in [0.1, 0.15) is 6.04 Å². The zero-order valence-corrected chi connectivity index (χ0v) is 13.5. The molecule has 2 N–H and O–H groups in total. The highest BCUT2D eigenvalue weighted by atomic mass is 16.3. The first kappa shape index (κ1) is 14.2. The molecule has 5 heteroatoms. The number of nitrogens with one attached hydrogen (secondary N) is 1. The molecule has 1 saturated heterocycles. The van der Waals surface area contributed by atoms with Crippen molar-refractivity contribution >= 4 is 5.91 Å². The van der Waals surface area contributed by atoms with Crippen LogP contribution in [-0.4, -0.2) is 46.2 Å². The molecule has 4 bridgehead atoms. The molecular formula is C18H25N3O2. The zero-order chi connectivity index (χ0) is 15.8. The van der Waals surface area contributed by atoms with Gasteiger partial charge in [0, 0.05) is 12.1 Å². The molecule has 0 aromatic carbocycles. The molecule has 23 heavy (non-hydrogen) atoms. The fraction of sp³-hybridized carbons (Fsp3) is 0.889. The lowest BCUT2D eigenvalue weighted by molar-refractivity contribution is -0.147.